The predicted molar refractivity (Wildman–Crippen MR) is 45.3 cm³/mol. The Morgan fingerprint density at radius 2 is 2.23 bits per heavy atom. The monoisotopic (exact) mass is 246 g/mol. The molecule has 0 bridgehead atoms. The van der Waals surface area contributed by atoms with Crippen molar-refractivity contribution in [1.82, 2.24) is 4.98 Å². The van der Waals surface area contributed by atoms with Crippen molar-refractivity contribution in [2.45, 2.75) is 19.8 Å². The van der Waals surface area contributed by atoms with E-state index in [9.17, 15) is 4.79 Å². The molecule has 2 rings (SSSR count). The van der Waals surface area contributed by atoms with Crippen LogP contribution >= 0.6 is 0 Å². The van der Waals surface area contributed by atoms with Crippen molar-refractivity contribution < 1.29 is 63.0 Å². The Bertz CT molecular complexity index is 338. The van der Waals surface area contributed by atoms with Crippen molar-refractivity contribution in [3.63, 3.8) is 0 Å². The first-order valence-electron chi connectivity index (χ1n) is 3.96. The molecule has 3 nitrogen and oxygen atoms in total. The number of aromatic nitrogens is 1. The number of hydrogen-bond acceptors (Lipinski definition) is 2. The van der Waals surface area contributed by atoms with Crippen LogP contribution in [0.3, 0.4) is 0 Å². The van der Waals surface area contributed by atoms with Gasteiger partial charge in [0.05, 0.1) is 5.91 Å². The van der Waals surface area contributed by atoms with Crippen LogP contribution in [0.15, 0.2) is 12.3 Å². The Kier molecular flexibility index (Phi) is 4.23. The van der Waals surface area contributed by atoms with E-state index >= 15 is 0 Å². The van der Waals surface area contributed by atoms with E-state index in [1.807, 2.05) is 13.0 Å². The smallest absolute Gasteiger partial charge is 0.625 e. The quantitative estimate of drug-likeness (QED) is 0.582. The van der Waals surface area contributed by atoms with E-state index in [-0.39, 0.29) is 64.1 Å². The average Bonchev–Trinajstić information content (AvgIpc) is 2.07. The molecule has 1 aromatic rings. The number of fused-ring (bicyclic) bond motifs is 1. The van der Waals surface area contributed by atoms with Gasteiger partial charge < -0.3 is 10.1 Å². The van der Waals surface area contributed by atoms with Crippen molar-refractivity contribution in [2.24, 2.45) is 0 Å². The van der Waals surface area contributed by atoms with E-state index in [1.165, 1.54) is 0 Å². The van der Waals surface area contributed by atoms with Crippen molar-refractivity contribution >= 4 is 11.6 Å². The number of carbonyl (C=O) groups excluding carboxylic acids is 1. The van der Waals surface area contributed by atoms with Gasteiger partial charge in [-0.2, -0.15) is 0 Å². The molecule has 1 aliphatic rings. The zero-order valence-corrected chi connectivity index (χ0v) is 12.8. The fraction of sp³-hybridized carbons (Fsp3) is 0.333. The van der Waals surface area contributed by atoms with Crippen molar-refractivity contribution in [3.05, 3.63) is 28.8 Å². The van der Waals surface area contributed by atoms with Crippen LogP contribution in [0.5, 0.6) is 0 Å². The largest absolute Gasteiger partial charge is 1.00 e. The molecule has 1 amide bonds. The molecule has 4 heteroatoms. The minimum Gasteiger partial charge on any atom is -0.625 e. The third-order valence-electron chi connectivity index (χ3n) is 2.04. The molecule has 0 unspecified atom stereocenters. The van der Waals surface area contributed by atoms with Crippen LogP contribution in [0, 0.1) is 6.92 Å². The van der Waals surface area contributed by atoms with Gasteiger partial charge in [0.15, 0.2) is 0 Å². The molecule has 1 aliphatic heterocycles. The van der Waals surface area contributed by atoms with Crippen molar-refractivity contribution in [3.8, 4) is 0 Å². The Hall–Kier alpha value is 0.425. The van der Waals surface area contributed by atoms with Gasteiger partial charge in [0.2, 0.25) is 0 Å². The van der Waals surface area contributed by atoms with Crippen LogP contribution in [0.1, 0.15) is 17.7 Å². The first-order chi connectivity index (χ1) is 5.77. The van der Waals surface area contributed by atoms with Crippen LogP contribution < -0.4 is 58.2 Å². The molecular weight excluding hydrogens is 238 g/mol. The first-order valence-corrected chi connectivity index (χ1v) is 3.96. The van der Waals surface area contributed by atoms with Crippen LogP contribution in [0.2, 0.25) is 0 Å². The number of pyridine rings is 1. The maximum Gasteiger partial charge on any atom is 1.00 e. The second kappa shape index (κ2) is 4.78. The third kappa shape index (κ3) is 2.46. The molecule has 0 N–H and O–H groups in total. The van der Waals surface area contributed by atoms with Gasteiger partial charge in [-0.05, 0) is 25.8 Å². The Morgan fingerprint density at radius 1 is 1.46 bits per heavy atom. The van der Waals surface area contributed by atoms with E-state index in [0.29, 0.717) is 6.42 Å². The van der Waals surface area contributed by atoms with Crippen LogP contribution in [0.4, 0.5) is 5.69 Å². The SMILES string of the molecule is Cc1nccc2c1[N-]C(=O)CC2.[Rb+]. The summed E-state index contributed by atoms with van der Waals surface area (Å²) in [7, 11) is 0. The minimum absolute atomic E-state index is 0. The van der Waals surface area contributed by atoms with Gasteiger partial charge >= 0.3 is 58.2 Å². The van der Waals surface area contributed by atoms with E-state index < -0.39 is 0 Å². The first kappa shape index (κ1) is 11.5. The van der Waals surface area contributed by atoms with Crippen LogP contribution in [-0.4, -0.2) is 10.9 Å². The number of carbonyl (C=O) groups is 1. The van der Waals surface area contributed by atoms with E-state index in [2.05, 4.69) is 10.3 Å². The van der Waals surface area contributed by atoms with Gasteiger partial charge in [0.1, 0.15) is 0 Å². The summed E-state index contributed by atoms with van der Waals surface area (Å²) in [5.74, 6) is -0.0291. The molecule has 0 saturated carbocycles. The molecule has 0 atom stereocenters. The number of aryl methyl sites for hydroxylation is 2. The number of amides is 1. The minimum atomic E-state index is -0.0291. The van der Waals surface area contributed by atoms with E-state index in [0.717, 1.165) is 23.4 Å². The topological polar surface area (TPSA) is 44.1 Å². The number of nitrogens with zero attached hydrogens (tertiary/aromatic N) is 2. The molecular formula is C9H9N2ORb. The summed E-state index contributed by atoms with van der Waals surface area (Å²) in [6, 6.07) is 1.93. The normalized spacial score (nSPS) is 14.1. The van der Waals surface area contributed by atoms with Crippen LogP contribution in [-0.2, 0) is 11.2 Å². The maximum atomic E-state index is 11.0. The van der Waals surface area contributed by atoms with Gasteiger partial charge in [-0.15, -0.1) is 5.69 Å². The molecule has 0 saturated heterocycles. The predicted octanol–water partition coefficient (Wildman–Crippen LogP) is -1.13. The van der Waals surface area contributed by atoms with Gasteiger partial charge in [-0.3, -0.25) is 4.98 Å². The Morgan fingerprint density at radius 3 is 3.00 bits per heavy atom. The van der Waals surface area contributed by atoms with Gasteiger partial charge in [0, 0.05) is 11.9 Å². The Balaban J connectivity index is 0.000000845. The van der Waals surface area contributed by atoms with E-state index in [4.69, 9.17) is 0 Å². The summed E-state index contributed by atoms with van der Waals surface area (Å²) < 4.78 is 0. The van der Waals surface area contributed by atoms with Crippen LogP contribution in [0.25, 0.3) is 5.32 Å². The van der Waals surface area contributed by atoms with E-state index in [1.54, 1.807) is 6.20 Å². The van der Waals surface area contributed by atoms with Crippen molar-refractivity contribution in [2.75, 3.05) is 0 Å². The second-order valence-corrected chi connectivity index (χ2v) is 2.91. The molecule has 2 heterocycles. The standard InChI is InChI=1S/C9H10N2O.Rb/c1-6-9-7(4-5-10-6)2-3-8(12)11-9;/h4-5H,2-3H2,1H3,(H,11,12);/q;+1/p-1. The fourth-order valence-electron chi connectivity index (χ4n) is 1.39. The molecule has 0 fully saturated rings. The summed E-state index contributed by atoms with van der Waals surface area (Å²) in [6.07, 6.45) is 3.11. The molecule has 0 spiro atoms. The molecule has 0 radical (unpaired) electrons. The molecule has 0 aromatic carbocycles. The summed E-state index contributed by atoms with van der Waals surface area (Å²) in [5.41, 5.74) is 2.77. The second-order valence-electron chi connectivity index (χ2n) is 2.91. The average molecular weight is 247 g/mol. The van der Waals surface area contributed by atoms with Gasteiger partial charge in [-0.1, -0.05) is 5.56 Å². The summed E-state index contributed by atoms with van der Waals surface area (Å²) in [4.78, 5) is 15.1. The molecule has 62 valence electrons. The third-order valence-corrected chi connectivity index (χ3v) is 2.04. The maximum absolute atomic E-state index is 11.0. The van der Waals surface area contributed by atoms with Gasteiger partial charge in [0.25, 0.3) is 0 Å². The fourth-order valence-corrected chi connectivity index (χ4v) is 1.39. The summed E-state index contributed by atoms with van der Waals surface area (Å²) in [6.45, 7) is 1.88. The zero-order chi connectivity index (χ0) is 8.55. The number of rotatable bonds is 0. The number of hydrogen-bond donors (Lipinski definition) is 0. The Labute approximate surface area is 126 Å². The summed E-state index contributed by atoms with van der Waals surface area (Å²) in [5, 5.41) is 3.94. The van der Waals surface area contributed by atoms with Gasteiger partial charge in [-0.25, -0.2) is 0 Å². The molecule has 0 aliphatic carbocycles. The summed E-state index contributed by atoms with van der Waals surface area (Å²) >= 11 is 0. The van der Waals surface area contributed by atoms with Crippen molar-refractivity contribution in [1.29, 1.82) is 0 Å². The zero-order valence-electron chi connectivity index (χ0n) is 7.87. The molecule has 1 aromatic heterocycles. The molecule has 13 heavy (non-hydrogen) atoms.